The molecule has 0 aliphatic heterocycles. The normalized spacial score (nSPS) is 11.0. The smallest absolute Gasteiger partial charge is 0.264 e. The third-order valence-corrected chi connectivity index (χ3v) is 5.55. The van der Waals surface area contributed by atoms with Crippen LogP contribution in [0.25, 0.3) is 22.6 Å². The molecule has 28 heavy (non-hydrogen) atoms. The fourth-order valence-corrected chi connectivity index (χ4v) is 3.96. The Morgan fingerprint density at radius 3 is 1.86 bits per heavy atom. The van der Waals surface area contributed by atoms with Crippen molar-refractivity contribution in [2.24, 2.45) is 0 Å². The summed E-state index contributed by atoms with van der Waals surface area (Å²) in [5, 5.41) is 1.24. The zero-order valence-electron chi connectivity index (χ0n) is 14.9. The molecule has 0 amide bonds. The average Bonchev–Trinajstić information content (AvgIpc) is 2.94. The minimum Gasteiger partial charge on any atom is -0.264 e. The molecule has 1 heterocycles. The van der Waals surface area contributed by atoms with Crippen molar-refractivity contribution in [3.63, 3.8) is 0 Å². The highest BCUT2D eigenvalue weighted by molar-refractivity contribution is 9.10. The molecule has 0 saturated heterocycles. The van der Waals surface area contributed by atoms with Gasteiger partial charge in [0.15, 0.2) is 0 Å². The summed E-state index contributed by atoms with van der Waals surface area (Å²) in [6, 6.07) is 22.4. The Balaban J connectivity index is 2.05. The lowest BCUT2D eigenvalue weighted by molar-refractivity contribution is 0.896. The van der Waals surface area contributed by atoms with Crippen molar-refractivity contribution < 1.29 is 0 Å². The second kappa shape index (κ2) is 7.63. The molecule has 0 radical (unpaired) electrons. The van der Waals surface area contributed by atoms with Crippen molar-refractivity contribution in [3.05, 3.63) is 103 Å². The first-order valence-electron chi connectivity index (χ1n) is 8.58. The van der Waals surface area contributed by atoms with Crippen molar-refractivity contribution in [2.45, 2.75) is 6.92 Å². The monoisotopic (exact) mass is 472 g/mol. The summed E-state index contributed by atoms with van der Waals surface area (Å²) in [4.78, 5) is 13.5. The van der Waals surface area contributed by atoms with Gasteiger partial charge in [-0.05, 0) is 67.6 Å². The first-order chi connectivity index (χ1) is 13.5. The van der Waals surface area contributed by atoms with Crippen LogP contribution in [0.15, 0.2) is 82.1 Å². The minimum atomic E-state index is -0.155. The molecule has 0 fully saturated rings. The summed E-state index contributed by atoms with van der Waals surface area (Å²) in [6.07, 6.45) is 0. The van der Waals surface area contributed by atoms with Crippen LogP contribution in [0.3, 0.4) is 0 Å². The number of benzene rings is 3. The maximum atomic E-state index is 13.5. The molecule has 0 aliphatic rings. The fraction of sp³-hybridized carbons (Fsp3) is 0.0455. The van der Waals surface area contributed by atoms with Crippen molar-refractivity contribution >= 4 is 39.1 Å². The quantitative estimate of drug-likeness (QED) is 0.326. The van der Waals surface area contributed by atoms with E-state index in [9.17, 15) is 4.79 Å². The van der Waals surface area contributed by atoms with E-state index in [0.717, 1.165) is 32.8 Å². The number of rotatable bonds is 3. The van der Waals surface area contributed by atoms with E-state index in [1.807, 2.05) is 55.5 Å². The molecule has 4 aromatic rings. The largest absolute Gasteiger partial charge is 0.338 e. The van der Waals surface area contributed by atoms with E-state index in [-0.39, 0.29) is 5.69 Å². The van der Waals surface area contributed by atoms with E-state index in [1.54, 1.807) is 33.4 Å². The van der Waals surface area contributed by atoms with Gasteiger partial charge in [-0.1, -0.05) is 51.3 Å². The van der Waals surface area contributed by atoms with E-state index in [1.165, 1.54) is 0 Å². The third kappa shape index (κ3) is 3.44. The van der Waals surface area contributed by atoms with E-state index in [4.69, 9.17) is 23.2 Å². The first-order valence-corrected chi connectivity index (χ1v) is 10.1. The van der Waals surface area contributed by atoms with Crippen LogP contribution in [-0.4, -0.2) is 9.13 Å². The number of imidazole rings is 1. The van der Waals surface area contributed by atoms with Gasteiger partial charge in [0.1, 0.15) is 0 Å². The number of hydrogen-bond donors (Lipinski definition) is 0. The van der Waals surface area contributed by atoms with Gasteiger partial charge in [-0.2, -0.15) is 0 Å². The maximum absolute atomic E-state index is 13.5. The maximum Gasteiger partial charge on any atom is 0.338 e. The second-order valence-corrected chi connectivity index (χ2v) is 8.14. The zero-order chi connectivity index (χ0) is 19.8. The first kappa shape index (κ1) is 19.1. The van der Waals surface area contributed by atoms with Crippen molar-refractivity contribution in [3.8, 4) is 22.6 Å². The lowest BCUT2D eigenvalue weighted by Crippen LogP contribution is -2.22. The molecule has 0 atom stereocenters. The summed E-state index contributed by atoms with van der Waals surface area (Å²) in [7, 11) is 0. The van der Waals surface area contributed by atoms with Crippen LogP contribution in [-0.2, 0) is 0 Å². The Labute approximate surface area is 180 Å². The molecule has 0 unspecified atom stereocenters. The van der Waals surface area contributed by atoms with Gasteiger partial charge in [0, 0.05) is 25.8 Å². The minimum absolute atomic E-state index is 0.155. The number of hydrogen-bond acceptors (Lipinski definition) is 1. The summed E-state index contributed by atoms with van der Waals surface area (Å²) >= 11 is 15.6. The van der Waals surface area contributed by atoms with Gasteiger partial charge in [-0.25, -0.2) is 4.79 Å². The number of aromatic nitrogens is 2. The van der Waals surface area contributed by atoms with Crippen LogP contribution in [0, 0.1) is 6.92 Å². The van der Waals surface area contributed by atoms with Crippen LogP contribution >= 0.6 is 39.1 Å². The molecule has 0 saturated carbocycles. The molecular formula is C22H15BrCl2N2O. The van der Waals surface area contributed by atoms with Gasteiger partial charge in [0.2, 0.25) is 0 Å². The van der Waals surface area contributed by atoms with Crippen molar-refractivity contribution in [1.29, 1.82) is 0 Å². The molecule has 3 nitrogen and oxygen atoms in total. The molecule has 0 bridgehead atoms. The number of nitrogens with zero attached hydrogens (tertiary/aromatic N) is 2. The highest BCUT2D eigenvalue weighted by Crippen LogP contribution is 2.30. The van der Waals surface area contributed by atoms with Gasteiger partial charge >= 0.3 is 5.69 Å². The van der Waals surface area contributed by atoms with Crippen LogP contribution < -0.4 is 5.69 Å². The lowest BCUT2D eigenvalue weighted by atomic mass is 10.1. The van der Waals surface area contributed by atoms with Crippen LogP contribution in [0.4, 0.5) is 0 Å². The standard InChI is InChI=1S/C22H15BrCl2N2O/c1-14-21(15-3-2-4-16(23)13-15)27(20-11-7-18(25)8-12-20)22(28)26(14)19-9-5-17(24)6-10-19/h2-13H,1H3. The zero-order valence-corrected chi connectivity index (χ0v) is 18.0. The van der Waals surface area contributed by atoms with E-state index >= 15 is 0 Å². The SMILES string of the molecule is Cc1c(-c2cccc(Br)c2)n(-c2ccc(Cl)cc2)c(=O)n1-c1ccc(Cl)cc1. The Kier molecular flexibility index (Phi) is 5.19. The predicted molar refractivity (Wildman–Crippen MR) is 119 cm³/mol. The Morgan fingerprint density at radius 2 is 1.32 bits per heavy atom. The molecule has 0 N–H and O–H groups in total. The van der Waals surface area contributed by atoms with Crippen molar-refractivity contribution in [1.82, 2.24) is 9.13 Å². The average molecular weight is 474 g/mol. The second-order valence-electron chi connectivity index (χ2n) is 6.35. The summed E-state index contributed by atoms with van der Waals surface area (Å²) < 4.78 is 4.35. The van der Waals surface area contributed by atoms with Gasteiger partial charge in [-0.15, -0.1) is 0 Å². The van der Waals surface area contributed by atoms with Gasteiger partial charge in [0.25, 0.3) is 0 Å². The van der Waals surface area contributed by atoms with E-state index in [2.05, 4.69) is 15.9 Å². The van der Waals surface area contributed by atoms with Crippen LogP contribution in [0.1, 0.15) is 5.69 Å². The highest BCUT2D eigenvalue weighted by Gasteiger charge is 2.21. The fourth-order valence-electron chi connectivity index (χ4n) is 3.30. The van der Waals surface area contributed by atoms with Gasteiger partial charge < -0.3 is 0 Å². The summed E-state index contributed by atoms with van der Waals surface area (Å²) in [6.45, 7) is 1.94. The topological polar surface area (TPSA) is 26.9 Å². The van der Waals surface area contributed by atoms with Gasteiger partial charge in [0.05, 0.1) is 17.1 Å². The van der Waals surface area contributed by atoms with Crippen LogP contribution in [0.2, 0.25) is 10.0 Å². The van der Waals surface area contributed by atoms with E-state index in [0.29, 0.717) is 10.0 Å². The van der Waals surface area contributed by atoms with Crippen LogP contribution in [0.5, 0.6) is 0 Å². The Hall–Kier alpha value is -2.27. The van der Waals surface area contributed by atoms with E-state index < -0.39 is 0 Å². The number of halogens is 3. The third-order valence-electron chi connectivity index (χ3n) is 4.55. The molecule has 4 rings (SSSR count). The molecule has 3 aromatic carbocycles. The molecule has 0 aliphatic carbocycles. The van der Waals surface area contributed by atoms with Gasteiger partial charge in [-0.3, -0.25) is 9.13 Å². The Bertz CT molecular complexity index is 1210. The molecule has 6 heteroatoms. The predicted octanol–water partition coefficient (Wildman–Crippen LogP) is 6.67. The molecule has 1 aromatic heterocycles. The molecular weight excluding hydrogens is 459 g/mol. The van der Waals surface area contributed by atoms with Crippen molar-refractivity contribution in [2.75, 3.05) is 0 Å². The molecule has 0 spiro atoms. The highest BCUT2D eigenvalue weighted by atomic mass is 79.9. The Morgan fingerprint density at radius 1 is 0.786 bits per heavy atom. The lowest BCUT2D eigenvalue weighted by Gasteiger charge is -2.09. The molecule has 140 valence electrons. The summed E-state index contributed by atoms with van der Waals surface area (Å²) in [5.74, 6) is 0. The summed E-state index contributed by atoms with van der Waals surface area (Å²) in [5.41, 5.74) is 3.95.